The first-order chi connectivity index (χ1) is 11.6. The molecular formula is C19H22N2O3. The van der Waals surface area contributed by atoms with Crippen molar-refractivity contribution >= 4 is 17.7 Å². The number of nitrogens with two attached hydrogens (primary N) is 1. The van der Waals surface area contributed by atoms with Crippen LogP contribution in [0.15, 0.2) is 48.5 Å². The summed E-state index contributed by atoms with van der Waals surface area (Å²) in [4.78, 5) is 11.8. The summed E-state index contributed by atoms with van der Waals surface area (Å²) in [6, 6.07) is 13.2. The van der Waals surface area contributed by atoms with Gasteiger partial charge in [0.2, 0.25) is 5.91 Å². The minimum absolute atomic E-state index is 0.141. The molecule has 0 aliphatic heterocycles. The first-order valence-electron chi connectivity index (χ1n) is 7.64. The van der Waals surface area contributed by atoms with E-state index in [1.165, 1.54) is 6.08 Å². The molecule has 0 saturated heterocycles. The number of methoxy groups -OCH3 is 2. The van der Waals surface area contributed by atoms with Crippen LogP contribution in [0.2, 0.25) is 0 Å². The molecule has 0 bridgehead atoms. The standard InChI is InChI=1S/C19H22N2O3/c1-23-16-7-3-14(4-8-16)11-12-21-19(22)10-6-15-5-9-18(24-2)17(20)13-15/h3-10,13H,11-12,20H2,1-2H3,(H,21,22)/b10-6-. The third kappa shape index (κ3) is 5.05. The van der Waals surface area contributed by atoms with Crippen molar-refractivity contribution in [1.82, 2.24) is 5.32 Å². The van der Waals surface area contributed by atoms with Crippen LogP contribution >= 0.6 is 0 Å². The van der Waals surface area contributed by atoms with Crippen molar-refractivity contribution in [3.05, 3.63) is 59.7 Å². The lowest BCUT2D eigenvalue weighted by molar-refractivity contribution is -0.116. The fourth-order valence-electron chi connectivity index (χ4n) is 2.21. The van der Waals surface area contributed by atoms with Gasteiger partial charge in [0.15, 0.2) is 0 Å². The van der Waals surface area contributed by atoms with Crippen molar-refractivity contribution in [3.63, 3.8) is 0 Å². The van der Waals surface area contributed by atoms with Gasteiger partial charge in [0.05, 0.1) is 19.9 Å². The van der Waals surface area contributed by atoms with Gasteiger partial charge < -0.3 is 20.5 Å². The molecule has 0 radical (unpaired) electrons. The Labute approximate surface area is 142 Å². The van der Waals surface area contributed by atoms with Crippen LogP contribution in [0.4, 0.5) is 5.69 Å². The predicted octanol–water partition coefficient (Wildman–Crippen LogP) is 2.66. The molecule has 24 heavy (non-hydrogen) atoms. The second kappa shape index (κ2) is 8.62. The van der Waals surface area contributed by atoms with Gasteiger partial charge in [-0.05, 0) is 47.9 Å². The highest BCUT2D eigenvalue weighted by Crippen LogP contribution is 2.22. The second-order valence-electron chi connectivity index (χ2n) is 5.22. The molecule has 5 nitrogen and oxygen atoms in total. The van der Waals surface area contributed by atoms with Gasteiger partial charge in [-0.15, -0.1) is 0 Å². The van der Waals surface area contributed by atoms with Crippen LogP contribution in [-0.4, -0.2) is 26.7 Å². The number of anilines is 1. The number of carbonyl (C=O) groups is 1. The molecule has 3 N–H and O–H groups in total. The highest BCUT2D eigenvalue weighted by Gasteiger charge is 2.00. The summed E-state index contributed by atoms with van der Waals surface area (Å²) in [5.41, 5.74) is 8.36. The van der Waals surface area contributed by atoms with Crippen LogP contribution in [0.5, 0.6) is 11.5 Å². The van der Waals surface area contributed by atoms with E-state index in [4.69, 9.17) is 15.2 Å². The number of hydrogen-bond acceptors (Lipinski definition) is 4. The lowest BCUT2D eigenvalue weighted by atomic mass is 10.1. The molecule has 2 aromatic rings. The number of benzene rings is 2. The first kappa shape index (κ1) is 17.4. The van der Waals surface area contributed by atoms with Crippen LogP contribution in [-0.2, 0) is 11.2 Å². The van der Waals surface area contributed by atoms with Crippen molar-refractivity contribution in [2.75, 3.05) is 26.5 Å². The molecule has 0 fully saturated rings. The maximum Gasteiger partial charge on any atom is 0.244 e. The van der Waals surface area contributed by atoms with Gasteiger partial charge in [-0.2, -0.15) is 0 Å². The van der Waals surface area contributed by atoms with Gasteiger partial charge >= 0.3 is 0 Å². The molecular weight excluding hydrogens is 304 g/mol. The van der Waals surface area contributed by atoms with Crippen molar-refractivity contribution in [2.24, 2.45) is 0 Å². The van der Waals surface area contributed by atoms with Crippen LogP contribution in [0, 0.1) is 0 Å². The summed E-state index contributed by atoms with van der Waals surface area (Å²) in [5, 5.41) is 2.85. The lowest BCUT2D eigenvalue weighted by Gasteiger charge is -2.05. The van der Waals surface area contributed by atoms with E-state index < -0.39 is 0 Å². The zero-order valence-corrected chi connectivity index (χ0v) is 13.9. The third-order valence-corrected chi connectivity index (χ3v) is 3.55. The van der Waals surface area contributed by atoms with E-state index in [0.717, 1.165) is 23.3 Å². The van der Waals surface area contributed by atoms with Crippen LogP contribution in [0.1, 0.15) is 11.1 Å². The van der Waals surface area contributed by atoms with E-state index in [0.29, 0.717) is 18.0 Å². The molecule has 0 unspecified atom stereocenters. The normalized spacial score (nSPS) is 10.6. The van der Waals surface area contributed by atoms with E-state index >= 15 is 0 Å². The zero-order valence-electron chi connectivity index (χ0n) is 13.9. The number of nitrogen functional groups attached to an aromatic ring is 1. The smallest absolute Gasteiger partial charge is 0.244 e. The van der Waals surface area contributed by atoms with Gasteiger partial charge in [0.1, 0.15) is 11.5 Å². The molecule has 0 aliphatic rings. The molecule has 2 aromatic carbocycles. The quantitative estimate of drug-likeness (QED) is 0.606. The van der Waals surface area contributed by atoms with Gasteiger partial charge in [-0.25, -0.2) is 0 Å². The summed E-state index contributed by atoms with van der Waals surface area (Å²) in [7, 11) is 3.20. The fraction of sp³-hybridized carbons (Fsp3) is 0.211. The van der Waals surface area contributed by atoms with Crippen LogP contribution < -0.4 is 20.5 Å². The molecule has 2 rings (SSSR count). The Morgan fingerprint density at radius 3 is 2.50 bits per heavy atom. The van der Waals surface area contributed by atoms with Crippen molar-refractivity contribution < 1.29 is 14.3 Å². The Kier molecular flexibility index (Phi) is 6.25. The number of carbonyl (C=O) groups excluding carboxylic acids is 1. The zero-order chi connectivity index (χ0) is 17.4. The topological polar surface area (TPSA) is 73.6 Å². The van der Waals surface area contributed by atoms with Crippen molar-refractivity contribution in [1.29, 1.82) is 0 Å². The summed E-state index contributed by atoms with van der Waals surface area (Å²) < 4.78 is 10.2. The van der Waals surface area contributed by atoms with E-state index in [1.54, 1.807) is 32.4 Å². The van der Waals surface area contributed by atoms with E-state index in [-0.39, 0.29) is 5.91 Å². The Hall–Kier alpha value is -2.95. The monoisotopic (exact) mass is 326 g/mol. The van der Waals surface area contributed by atoms with Gasteiger partial charge in [0.25, 0.3) is 0 Å². The fourth-order valence-corrected chi connectivity index (χ4v) is 2.21. The second-order valence-corrected chi connectivity index (χ2v) is 5.22. The maximum absolute atomic E-state index is 11.8. The summed E-state index contributed by atoms with van der Waals surface area (Å²) in [6.45, 7) is 0.570. The Bertz CT molecular complexity index is 709. The highest BCUT2D eigenvalue weighted by molar-refractivity contribution is 5.91. The van der Waals surface area contributed by atoms with Crippen LogP contribution in [0.25, 0.3) is 6.08 Å². The molecule has 0 spiro atoms. The average molecular weight is 326 g/mol. The Balaban J connectivity index is 1.81. The molecule has 0 atom stereocenters. The minimum Gasteiger partial charge on any atom is -0.497 e. The predicted molar refractivity (Wildman–Crippen MR) is 96.1 cm³/mol. The number of rotatable bonds is 7. The SMILES string of the molecule is COc1ccc(CCNC(=O)/C=C\c2ccc(OC)c(N)c2)cc1. The van der Waals surface area contributed by atoms with Crippen molar-refractivity contribution in [2.45, 2.75) is 6.42 Å². The molecule has 0 aromatic heterocycles. The van der Waals surface area contributed by atoms with Crippen LogP contribution in [0.3, 0.4) is 0 Å². The van der Waals surface area contributed by atoms with E-state index in [2.05, 4.69) is 5.32 Å². The molecule has 0 heterocycles. The minimum atomic E-state index is -0.141. The molecule has 0 aliphatic carbocycles. The lowest BCUT2D eigenvalue weighted by Crippen LogP contribution is -2.23. The highest BCUT2D eigenvalue weighted by atomic mass is 16.5. The average Bonchev–Trinajstić information content (AvgIpc) is 2.60. The third-order valence-electron chi connectivity index (χ3n) is 3.55. The summed E-state index contributed by atoms with van der Waals surface area (Å²) in [5.74, 6) is 1.30. The molecule has 1 amide bonds. The largest absolute Gasteiger partial charge is 0.497 e. The number of amides is 1. The molecule has 5 heteroatoms. The van der Waals surface area contributed by atoms with E-state index in [1.807, 2.05) is 30.3 Å². The first-order valence-corrected chi connectivity index (χ1v) is 7.64. The van der Waals surface area contributed by atoms with Gasteiger partial charge in [-0.1, -0.05) is 18.2 Å². The summed E-state index contributed by atoms with van der Waals surface area (Å²) >= 11 is 0. The molecule has 126 valence electrons. The maximum atomic E-state index is 11.8. The summed E-state index contributed by atoms with van der Waals surface area (Å²) in [6.07, 6.45) is 3.98. The number of nitrogens with one attached hydrogen (secondary N) is 1. The van der Waals surface area contributed by atoms with Crippen molar-refractivity contribution in [3.8, 4) is 11.5 Å². The Morgan fingerprint density at radius 2 is 1.88 bits per heavy atom. The Morgan fingerprint density at radius 1 is 1.12 bits per heavy atom. The molecule has 0 saturated carbocycles. The number of ether oxygens (including phenoxy) is 2. The van der Waals surface area contributed by atoms with E-state index in [9.17, 15) is 4.79 Å². The van der Waals surface area contributed by atoms with Gasteiger partial charge in [0, 0.05) is 12.6 Å². The van der Waals surface area contributed by atoms with Gasteiger partial charge in [-0.3, -0.25) is 4.79 Å². The number of hydrogen-bond donors (Lipinski definition) is 2.